The number of halogens is 3. The van der Waals surface area contributed by atoms with Crippen molar-refractivity contribution in [2.24, 2.45) is 5.92 Å². The highest BCUT2D eigenvalue weighted by molar-refractivity contribution is 5.80. The predicted molar refractivity (Wildman–Crippen MR) is 73.4 cm³/mol. The normalized spacial score (nSPS) is 25.1. The SMILES string of the molecule is O=C(NCCC1CCN(CC(F)(F)F)CC1)[C@@H]1COCCO1. The van der Waals surface area contributed by atoms with Gasteiger partial charge in [-0.1, -0.05) is 0 Å². The number of alkyl halides is 3. The van der Waals surface area contributed by atoms with E-state index in [-0.39, 0.29) is 12.5 Å². The molecule has 0 aliphatic carbocycles. The molecule has 22 heavy (non-hydrogen) atoms. The van der Waals surface area contributed by atoms with Crippen LogP contribution >= 0.6 is 0 Å². The van der Waals surface area contributed by atoms with Crippen LogP contribution in [-0.4, -0.2) is 69.1 Å². The van der Waals surface area contributed by atoms with Crippen LogP contribution in [0.5, 0.6) is 0 Å². The third kappa shape index (κ3) is 6.10. The Kier molecular flexibility index (Phi) is 6.46. The molecule has 2 heterocycles. The minimum absolute atomic E-state index is 0.172. The van der Waals surface area contributed by atoms with E-state index in [1.807, 2.05) is 0 Å². The zero-order valence-electron chi connectivity index (χ0n) is 12.5. The van der Waals surface area contributed by atoms with Gasteiger partial charge in [-0.3, -0.25) is 9.69 Å². The highest BCUT2D eigenvalue weighted by Gasteiger charge is 2.32. The first-order valence-electron chi connectivity index (χ1n) is 7.70. The summed E-state index contributed by atoms with van der Waals surface area (Å²) in [5.41, 5.74) is 0. The van der Waals surface area contributed by atoms with E-state index in [0.29, 0.717) is 38.8 Å². The van der Waals surface area contributed by atoms with Gasteiger partial charge in [0.2, 0.25) is 0 Å². The number of carbonyl (C=O) groups excluding carboxylic acids is 1. The number of amides is 1. The Hall–Kier alpha value is -0.860. The molecule has 0 aromatic heterocycles. The lowest BCUT2D eigenvalue weighted by molar-refractivity contribution is -0.149. The van der Waals surface area contributed by atoms with E-state index >= 15 is 0 Å². The van der Waals surface area contributed by atoms with Crippen molar-refractivity contribution in [2.45, 2.75) is 31.5 Å². The van der Waals surface area contributed by atoms with E-state index in [0.717, 1.165) is 19.3 Å². The van der Waals surface area contributed by atoms with Crippen molar-refractivity contribution >= 4 is 5.91 Å². The van der Waals surface area contributed by atoms with Crippen molar-refractivity contribution in [1.82, 2.24) is 10.2 Å². The topological polar surface area (TPSA) is 50.8 Å². The molecular formula is C14H23F3N2O3. The Morgan fingerprint density at radius 2 is 1.95 bits per heavy atom. The molecule has 0 saturated carbocycles. The first-order valence-corrected chi connectivity index (χ1v) is 7.70. The van der Waals surface area contributed by atoms with Crippen molar-refractivity contribution in [2.75, 3.05) is 46.0 Å². The molecule has 1 amide bonds. The lowest BCUT2D eigenvalue weighted by atomic mass is 9.93. The van der Waals surface area contributed by atoms with Gasteiger partial charge in [0, 0.05) is 6.54 Å². The van der Waals surface area contributed by atoms with Crippen molar-refractivity contribution in [3.63, 3.8) is 0 Å². The zero-order chi connectivity index (χ0) is 16.0. The number of likely N-dealkylation sites (tertiary alicyclic amines) is 1. The molecule has 0 spiro atoms. The van der Waals surface area contributed by atoms with Crippen molar-refractivity contribution in [3.05, 3.63) is 0 Å². The molecule has 0 bridgehead atoms. The van der Waals surface area contributed by atoms with Gasteiger partial charge in [0.1, 0.15) is 0 Å². The lowest BCUT2D eigenvalue weighted by Gasteiger charge is -2.32. The Morgan fingerprint density at radius 3 is 2.55 bits per heavy atom. The van der Waals surface area contributed by atoms with Crippen molar-refractivity contribution in [1.29, 1.82) is 0 Å². The number of piperidine rings is 1. The van der Waals surface area contributed by atoms with Gasteiger partial charge in [-0.2, -0.15) is 13.2 Å². The second-order valence-corrected chi connectivity index (χ2v) is 5.85. The fraction of sp³-hybridized carbons (Fsp3) is 0.929. The van der Waals surface area contributed by atoms with Gasteiger partial charge in [0.15, 0.2) is 6.10 Å². The summed E-state index contributed by atoms with van der Waals surface area (Å²) >= 11 is 0. The summed E-state index contributed by atoms with van der Waals surface area (Å²) in [6.45, 7) is 1.87. The molecule has 0 radical (unpaired) electrons. The highest BCUT2D eigenvalue weighted by atomic mass is 19.4. The van der Waals surface area contributed by atoms with E-state index in [1.54, 1.807) is 0 Å². The van der Waals surface area contributed by atoms with Crippen molar-refractivity contribution < 1.29 is 27.4 Å². The smallest absolute Gasteiger partial charge is 0.376 e. The summed E-state index contributed by atoms with van der Waals surface area (Å²) < 4.78 is 47.3. The maximum Gasteiger partial charge on any atom is 0.401 e. The van der Waals surface area contributed by atoms with E-state index in [4.69, 9.17) is 9.47 Å². The highest BCUT2D eigenvalue weighted by Crippen LogP contribution is 2.23. The molecule has 2 aliphatic heterocycles. The molecule has 0 aromatic rings. The maximum atomic E-state index is 12.3. The van der Waals surface area contributed by atoms with Crippen LogP contribution in [0.15, 0.2) is 0 Å². The summed E-state index contributed by atoms with van der Waals surface area (Å²) in [4.78, 5) is 13.2. The standard InChI is InChI=1S/C14H23F3N2O3/c15-14(16,17)10-19-5-2-11(3-6-19)1-4-18-13(20)12-9-21-7-8-22-12/h11-12H,1-10H2,(H,18,20)/t12-/m0/s1. The van der Waals surface area contributed by atoms with Gasteiger partial charge >= 0.3 is 6.18 Å². The number of rotatable bonds is 5. The van der Waals surface area contributed by atoms with Crippen molar-refractivity contribution in [3.8, 4) is 0 Å². The number of hydrogen-bond donors (Lipinski definition) is 1. The van der Waals surface area contributed by atoms with Crippen LogP contribution in [0.3, 0.4) is 0 Å². The van der Waals surface area contributed by atoms with Crippen LogP contribution in [0, 0.1) is 5.92 Å². The predicted octanol–water partition coefficient (Wildman–Crippen LogP) is 1.18. The van der Waals surface area contributed by atoms with E-state index < -0.39 is 18.8 Å². The molecule has 1 atom stereocenters. The maximum absolute atomic E-state index is 12.3. The molecule has 8 heteroatoms. The first kappa shape index (κ1) is 17.5. The Labute approximate surface area is 128 Å². The Morgan fingerprint density at radius 1 is 1.23 bits per heavy atom. The summed E-state index contributed by atoms with van der Waals surface area (Å²) in [6.07, 6.45) is -2.38. The minimum atomic E-state index is -4.12. The molecule has 2 aliphatic rings. The third-order valence-electron chi connectivity index (χ3n) is 4.07. The van der Waals surface area contributed by atoms with Gasteiger partial charge in [-0.15, -0.1) is 0 Å². The average Bonchev–Trinajstić information content (AvgIpc) is 2.48. The summed E-state index contributed by atoms with van der Waals surface area (Å²) in [5.74, 6) is 0.197. The molecule has 128 valence electrons. The van der Waals surface area contributed by atoms with Crippen LogP contribution in [-0.2, 0) is 14.3 Å². The summed E-state index contributed by atoms with van der Waals surface area (Å²) in [6, 6.07) is 0. The number of nitrogens with one attached hydrogen (secondary N) is 1. The van der Waals surface area contributed by atoms with Crippen LogP contribution in [0.1, 0.15) is 19.3 Å². The van der Waals surface area contributed by atoms with Gasteiger partial charge in [0.25, 0.3) is 5.91 Å². The van der Waals surface area contributed by atoms with Crippen LogP contribution in [0.4, 0.5) is 13.2 Å². The summed E-state index contributed by atoms with van der Waals surface area (Å²) in [7, 11) is 0. The van der Waals surface area contributed by atoms with Gasteiger partial charge < -0.3 is 14.8 Å². The van der Waals surface area contributed by atoms with E-state index in [1.165, 1.54) is 4.90 Å². The molecule has 2 fully saturated rings. The van der Waals surface area contributed by atoms with Crippen LogP contribution in [0.2, 0.25) is 0 Å². The molecule has 0 aromatic carbocycles. The third-order valence-corrected chi connectivity index (χ3v) is 4.07. The second-order valence-electron chi connectivity index (χ2n) is 5.85. The fourth-order valence-electron chi connectivity index (χ4n) is 2.84. The molecule has 5 nitrogen and oxygen atoms in total. The monoisotopic (exact) mass is 324 g/mol. The van der Waals surface area contributed by atoms with Crippen LogP contribution < -0.4 is 5.32 Å². The number of ether oxygens (including phenoxy) is 2. The fourth-order valence-corrected chi connectivity index (χ4v) is 2.84. The molecular weight excluding hydrogens is 301 g/mol. The second kappa shape index (κ2) is 8.12. The van der Waals surface area contributed by atoms with E-state index in [9.17, 15) is 18.0 Å². The van der Waals surface area contributed by atoms with Gasteiger partial charge in [0.05, 0.1) is 26.4 Å². The number of nitrogens with zero attached hydrogens (tertiary/aromatic N) is 1. The molecule has 0 unspecified atom stereocenters. The Balaban J connectivity index is 1.58. The molecule has 1 N–H and O–H groups in total. The van der Waals surface area contributed by atoms with Crippen LogP contribution in [0.25, 0.3) is 0 Å². The minimum Gasteiger partial charge on any atom is -0.376 e. The number of hydrogen-bond acceptors (Lipinski definition) is 4. The Bertz CT molecular complexity index is 352. The average molecular weight is 324 g/mol. The first-order chi connectivity index (χ1) is 10.4. The quantitative estimate of drug-likeness (QED) is 0.825. The number of carbonyl (C=O) groups is 1. The summed E-state index contributed by atoms with van der Waals surface area (Å²) in [5, 5.41) is 2.81. The largest absolute Gasteiger partial charge is 0.401 e. The van der Waals surface area contributed by atoms with Gasteiger partial charge in [-0.05, 0) is 38.3 Å². The van der Waals surface area contributed by atoms with Gasteiger partial charge in [-0.25, -0.2) is 0 Å². The zero-order valence-corrected chi connectivity index (χ0v) is 12.5. The van der Waals surface area contributed by atoms with E-state index in [2.05, 4.69) is 5.32 Å². The molecule has 2 rings (SSSR count). The lowest BCUT2D eigenvalue weighted by Crippen LogP contribution is -2.44. The molecule has 2 saturated heterocycles.